The molecule has 2 aromatic rings. The molecule has 0 unspecified atom stereocenters. The van der Waals surface area contributed by atoms with Gasteiger partial charge in [0.2, 0.25) is 0 Å². The zero-order valence-corrected chi connectivity index (χ0v) is 19.1. The molecule has 1 aliphatic carbocycles. The lowest BCUT2D eigenvalue weighted by atomic mass is 9.63. The maximum Gasteiger partial charge on any atom is 0.333 e. The summed E-state index contributed by atoms with van der Waals surface area (Å²) in [6.45, 7) is 11.0. The number of hydrogen-bond donors (Lipinski definition) is 1. The van der Waals surface area contributed by atoms with Crippen LogP contribution in [0.1, 0.15) is 62.8 Å². The summed E-state index contributed by atoms with van der Waals surface area (Å²) in [5.74, 6) is 0.400. The maximum atomic E-state index is 13.2. The number of hydrogen-bond acceptors (Lipinski definition) is 3. The number of carbonyl (C=O) groups is 2. The van der Waals surface area contributed by atoms with Gasteiger partial charge in [-0.15, -0.1) is 0 Å². The smallest absolute Gasteiger partial charge is 0.333 e. The molecular formula is C26H30N2O3. The first-order valence-electron chi connectivity index (χ1n) is 10.7. The molecule has 1 saturated heterocycles. The number of urea groups is 1. The first-order chi connectivity index (χ1) is 14.5. The number of imide groups is 1. The van der Waals surface area contributed by atoms with E-state index < -0.39 is 6.03 Å². The second-order valence-corrected chi connectivity index (χ2v) is 9.85. The molecule has 0 atom stereocenters. The van der Waals surface area contributed by atoms with E-state index in [9.17, 15) is 9.59 Å². The topological polar surface area (TPSA) is 58.6 Å². The van der Waals surface area contributed by atoms with Crippen LogP contribution >= 0.6 is 0 Å². The van der Waals surface area contributed by atoms with E-state index in [1.807, 2.05) is 31.2 Å². The zero-order chi connectivity index (χ0) is 22.6. The maximum absolute atomic E-state index is 13.2. The Morgan fingerprint density at radius 1 is 0.968 bits per heavy atom. The Balaban J connectivity index is 1.74. The number of carbonyl (C=O) groups excluding carboxylic acids is 2. The van der Waals surface area contributed by atoms with E-state index in [0.29, 0.717) is 5.69 Å². The van der Waals surface area contributed by atoms with Gasteiger partial charge in [0, 0.05) is 0 Å². The Morgan fingerprint density at radius 2 is 1.55 bits per heavy atom. The van der Waals surface area contributed by atoms with Crippen molar-refractivity contribution < 1.29 is 14.3 Å². The Morgan fingerprint density at radius 3 is 2.13 bits per heavy atom. The standard InChI is InChI=1S/C26H30N2O3/c1-16-13-19-20(26(4,5)12-11-25(19,2)3)15-22(16)28-23(29)21(27-24(28)30)14-17-7-9-18(31-6)10-8-17/h7-10,13-15H,11-12H2,1-6H3,(H,27,30). The molecule has 3 amide bonds. The van der Waals surface area contributed by atoms with Gasteiger partial charge in [-0.1, -0.05) is 45.9 Å². The molecule has 0 bridgehead atoms. The van der Waals surface area contributed by atoms with E-state index in [1.54, 1.807) is 13.2 Å². The van der Waals surface area contributed by atoms with E-state index in [0.717, 1.165) is 29.7 Å². The van der Waals surface area contributed by atoms with Gasteiger partial charge in [-0.25, -0.2) is 9.69 Å². The fourth-order valence-electron chi connectivity index (χ4n) is 4.57. The van der Waals surface area contributed by atoms with Gasteiger partial charge in [0.15, 0.2) is 0 Å². The second kappa shape index (κ2) is 7.26. The van der Waals surface area contributed by atoms with Crippen LogP contribution in [0.3, 0.4) is 0 Å². The van der Waals surface area contributed by atoms with Crippen molar-refractivity contribution in [1.82, 2.24) is 5.32 Å². The molecule has 1 aliphatic heterocycles. The monoisotopic (exact) mass is 418 g/mol. The average molecular weight is 419 g/mol. The van der Waals surface area contributed by atoms with Crippen molar-refractivity contribution in [1.29, 1.82) is 0 Å². The fraction of sp³-hybridized carbons (Fsp3) is 0.385. The number of nitrogens with one attached hydrogen (secondary N) is 1. The van der Waals surface area contributed by atoms with Gasteiger partial charge in [-0.3, -0.25) is 4.79 Å². The van der Waals surface area contributed by atoms with Gasteiger partial charge < -0.3 is 10.1 Å². The lowest BCUT2D eigenvalue weighted by Gasteiger charge is -2.42. The summed E-state index contributed by atoms with van der Waals surface area (Å²) in [6, 6.07) is 11.1. The minimum Gasteiger partial charge on any atom is -0.497 e. The molecule has 1 fully saturated rings. The molecular weight excluding hydrogens is 388 g/mol. The number of rotatable bonds is 3. The van der Waals surface area contributed by atoms with E-state index >= 15 is 0 Å². The van der Waals surface area contributed by atoms with Gasteiger partial charge >= 0.3 is 6.03 Å². The van der Waals surface area contributed by atoms with Gasteiger partial charge in [-0.05, 0) is 77.1 Å². The largest absolute Gasteiger partial charge is 0.497 e. The third-order valence-electron chi connectivity index (χ3n) is 6.72. The number of benzene rings is 2. The Hall–Kier alpha value is -3.08. The molecule has 0 radical (unpaired) electrons. The molecule has 5 nitrogen and oxygen atoms in total. The van der Waals surface area contributed by atoms with Crippen LogP contribution in [-0.4, -0.2) is 19.0 Å². The second-order valence-electron chi connectivity index (χ2n) is 9.85. The van der Waals surface area contributed by atoms with Crippen molar-refractivity contribution in [3.8, 4) is 5.75 Å². The SMILES string of the molecule is COc1ccc(C=C2NC(=O)N(c3cc4c(cc3C)C(C)(C)CCC4(C)C)C2=O)cc1. The van der Waals surface area contributed by atoms with E-state index in [2.05, 4.69) is 45.1 Å². The van der Waals surface area contributed by atoms with Crippen molar-refractivity contribution in [3.63, 3.8) is 0 Å². The van der Waals surface area contributed by atoms with Crippen LogP contribution in [0.25, 0.3) is 6.08 Å². The number of anilines is 1. The predicted octanol–water partition coefficient (Wildman–Crippen LogP) is 5.45. The van der Waals surface area contributed by atoms with Crippen LogP contribution in [0.4, 0.5) is 10.5 Å². The molecule has 0 spiro atoms. The van der Waals surface area contributed by atoms with Crippen LogP contribution in [0, 0.1) is 6.92 Å². The van der Waals surface area contributed by atoms with Crippen molar-refractivity contribution >= 4 is 23.7 Å². The van der Waals surface area contributed by atoms with Crippen LogP contribution in [0.15, 0.2) is 42.1 Å². The Kier molecular flexibility index (Phi) is 4.95. The predicted molar refractivity (Wildman–Crippen MR) is 123 cm³/mol. The summed E-state index contributed by atoms with van der Waals surface area (Å²) in [6.07, 6.45) is 3.88. The molecule has 0 saturated carbocycles. The number of ether oxygens (including phenoxy) is 1. The molecule has 5 heteroatoms. The summed E-state index contributed by atoms with van der Waals surface area (Å²) >= 11 is 0. The summed E-state index contributed by atoms with van der Waals surface area (Å²) in [7, 11) is 1.61. The van der Waals surface area contributed by atoms with Gasteiger partial charge in [0.05, 0.1) is 12.8 Å². The third kappa shape index (κ3) is 3.62. The first-order valence-corrected chi connectivity index (χ1v) is 10.7. The minimum atomic E-state index is -0.416. The highest BCUT2D eigenvalue weighted by Gasteiger charge is 2.40. The highest BCUT2D eigenvalue weighted by Crippen LogP contribution is 2.47. The van der Waals surface area contributed by atoms with E-state index in [4.69, 9.17) is 4.74 Å². The Bertz CT molecular complexity index is 1090. The summed E-state index contributed by atoms with van der Waals surface area (Å²) in [5.41, 5.74) is 5.27. The van der Waals surface area contributed by atoms with Crippen LogP contribution in [0.2, 0.25) is 0 Å². The number of nitrogens with zero attached hydrogens (tertiary/aromatic N) is 1. The zero-order valence-electron chi connectivity index (χ0n) is 19.1. The summed E-state index contributed by atoms with van der Waals surface area (Å²) in [4.78, 5) is 27.3. The molecule has 0 aromatic heterocycles. The quantitative estimate of drug-likeness (QED) is 0.533. The molecule has 2 aromatic carbocycles. The average Bonchev–Trinajstić information content (AvgIpc) is 2.99. The third-order valence-corrected chi connectivity index (χ3v) is 6.72. The lowest BCUT2D eigenvalue weighted by molar-refractivity contribution is -0.113. The fourth-order valence-corrected chi connectivity index (χ4v) is 4.57. The van der Waals surface area contributed by atoms with Gasteiger partial charge in [0.1, 0.15) is 11.4 Å². The number of aryl methyl sites for hydroxylation is 1. The van der Waals surface area contributed by atoms with Crippen molar-refractivity contribution in [2.45, 2.75) is 58.3 Å². The highest BCUT2D eigenvalue weighted by atomic mass is 16.5. The van der Waals surface area contributed by atoms with E-state index in [-0.39, 0.29) is 22.4 Å². The van der Waals surface area contributed by atoms with Crippen LogP contribution < -0.4 is 15.0 Å². The summed E-state index contributed by atoms with van der Waals surface area (Å²) < 4.78 is 5.18. The normalized spacial score (nSPS) is 20.6. The molecule has 31 heavy (non-hydrogen) atoms. The van der Waals surface area contributed by atoms with Crippen molar-refractivity contribution in [2.24, 2.45) is 0 Å². The van der Waals surface area contributed by atoms with Crippen LogP contribution in [0.5, 0.6) is 5.75 Å². The lowest BCUT2D eigenvalue weighted by Crippen LogP contribution is -2.36. The number of methoxy groups -OCH3 is 1. The molecule has 4 rings (SSSR count). The Labute approximate surface area is 184 Å². The van der Waals surface area contributed by atoms with Crippen molar-refractivity contribution in [3.05, 3.63) is 64.3 Å². The number of amides is 3. The van der Waals surface area contributed by atoms with E-state index in [1.165, 1.54) is 16.0 Å². The van der Waals surface area contributed by atoms with Crippen LogP contribution in [-0.2, 0) is 15.6 Å². The first kappa shape index (κ1) is 21.2. The summed E-state index contributed by atoms with van der Waals surface area (Å²) in [5, 5.41) is 2.74. The van der Waals surface area contributed by atoms with Crippen molar-refractivity contribution in [2.75, 3.05) is 12.0 Å². The molecule has 1 heterocycles. The molecule has 2 aliphatic rings. The molecule has 162 valence electrons. The highest BCUT2D eigenvalue weighted by molar-refractivity contribution is 6.28. The molecule has 1 N–H and O–H groups in total. The minimum absolute atomic E-state index is 0.00564. The number of fused-ring (bicyclic) bond motifs is 1. The van der Waals surface area contributed by atoms with Gasteiger partial charge in [-0.2, -0.15) is 0 Å². The van der Waals surface area contributed by atoms with Gasteiger partial charge in [0.25, 0.3) is 5.91 Å².